The van der Waals surface area contributed by atoms with Crippen LogP contribution in [0.2, 0.25) is 0 Å². The van der Waals surface area contributed by atoms with Crippen molar-refractivity contribution in [2.45, 2.75) is 44.1 Å². The summed E-state index contributed by atoms with van der Waals surface area (Å²) in [6, 6.07) is 10.7. The molecular formula is C21H26N2O2. The maximum atomic E-state index is 10.6. The molecule has 2 aromatic rings. The summed E-state index contributed by atoms with van der Waals surface area (Å²) in [5, 5.41) is 0. The Hall–Kier alpha value is -2.07. The first-order valence-corrected chi connectivity index (χ1v) is 9.34. The van der Waals surface area contributed by atoms with Gasteiger partial charge in [-0.3, -0.25) is 0 Å². The lowest BCUT2D eigenvalue weighted by Crippen LogP contribution is -2.41. The van der Waals surface area contributed by atoms with Gasteiger partial charge in [-0.15, -0.1) is 0 Å². The monoisotopic (exact) mass is 338 g/mol. The minimum atomic E-state index is 0.352. The lowest BCUT2D eigenvalue weighted by molar-refractivity contribution is -0.108. The first-order valence-electron chi connectivity index (χ1n) is 9.34. The summed E-state index contributed by atoms with van der Waals surface area (Å²) in [7, 11) is 0. The lowest BCUT2D eigenvalue weighted by Gasteiger charge is -2.40. The van der Waals surface area contributed by atoms with Gasteiger partial charge >= 0.3 is 0 Å². The average Bonchev–Trinajstić information content (AvgIpc) is 3.28. The Bertz CT molecular complexity index is 716. The molecule has 1 saturated heterocycles. The topological polar surface area (TPSA) is 45.3 Å². The van der Waals surface area contributed by atoms with Gasteiger partial charge in [-0.1, -0.05) is 6.07 Å². The van der Waals surface area contributed by atoms with Gasteiger partial charge in [0.2, 0.25) is 0 Å². The van der Waals surface area contributed by atoms with Crippen molar-refractivity contribution in [1.29, 1.82) is 0 Å². The number of aldehydes is 1. The Morgan fingerprint density at radius 3 is 2.84 bits per heavy atom. The highest BCUT2D eigenvalue weighted by Crippen LogP contribution is 2.47. The van der Waals surface area contributed by atoms with E-state index in [1.54, 1.807) is 0 Å². The van der Waals surface area contributed by atoms with Gasteiger partial charge in [-0.2, -0.15) is 0 Å². The molecule has 1 aromatic carbocycles. The van der Waals surface area contributed by atoms with Crippen LogP contribution in [0.15, 0.2) is 36.5 Å². The van der Waals surface area contributed by atoms with Crippen LogP contribution in [0.25, 0.3) is 0 Å². The third-order valence-electron chi connectivity index (χ3n) is 5.95. The van der Waals surface area contributed by atoms with E-state index in [0.29, 0.717) is 18.4 Å². The quantitative estimate of drug-likeness (QED) is 0.821. The van der Waals surface area contributed by atoms with Crippen LogP contribution < -0.4 is 4.74 Å². The summed E-state index contributed by atoms with van der Waals surface area (Å²) in [6.07, 6.45) is 8.44. The van der Waals surface area contributed by atoms with Crippen molar-refractivity contribution in [1.82, 2.24) is 9.88 Å². The van der Waals surface area contributed by atoms with Gasteiger partial charge in [-0.25, -0.2) is 0 Å². The largest absolute Gasteiger partial charge is 0.487 e. The van der Waals surface area contributed by atoms with E-state index in [2.05, 4.69) is 28.1 Å². The van der Waals surface area contributed by atoms with Gasteiger partial charge in [0.15, 0.2) is 0 Å². The van der Waals surface area contributed by atoms with Crippen LogP contribution in [0.5, 0.6) is 5.75 Å². The highest BCUT2D eigenvalue weighted by molar-refractivity contribution is 5.49. The predicted octanol–water partition coefficient (Wildman–Crippen LogP) is 3.46. The molecule has 0 saturated carbocycles. The van der Waals surface area contributed by atoms with E-state index in [4.69, 9.17) is 4.74 Å². The molecule has 1 fully saturated rings. The molecule has 0 bridgehead atoms. The number of rotatable bonds is 6. The molecule has 25 heavy (non-hydrogen) atoms. The van der Waals surface area contributed by atoms with Gasteiger partial charge in [0.25, 0.3) is 0 Å². The molecule has 4 nitrogen and oxygen atoms in total. The van der Waals surface area contributed by atoms with Crippen molar-refractivity contribution in [3.05, 3.63) is 53.3 Å². The number of nitrogens with zero attached hydrogens (tertiary/aromatic N) is 1. The highest BCUT2D eigenvalue weighted by atomic mass is 16.5. The summed E-state index contributed by atoms with van der Waals surface area (Å²) < 4.78 is 5.94. The Morgan fingerprint density at radius 2 is 2.08 bits per heavy atom. The number of nitrogens with one attached hydrogen (secondary N) is 1. The van der Waals surface area contributed by atoms with Crippen LogP contribution in [0.1, 0.15) is 42.5 Å². The number of carbonyl (C=O) groups is 1. The Morgan fingerprint density at radius 1 is 1.20 bits per heavy atom. The molecule has 0 atom stereocenters. The van der Waals surface area contributed by atoms with Gasteiger partial charge in [-0.05, 0) is 79.6 Å². The van der Waals surface area contributed by atoms with E-state index in [0.717, 1.165) is 43.8 Å². The zero-order chi connectivity index (χ0) is 17.1. The predicted molar refractivity (Wildman–Crippen MR) is 97.9 cm³/mol. The molecular weight excluding hydrogens is 312 g/mol. The fraction of sp³-hybridized carbons (Fsp3) is 0.476. The van der Waals surface area contributed by atoms with E-state index in [9.17, 15) is 4.79 Å². The number of piperidine rings is 1. The Labute approximate surface area is 149 Å². The second kappa shape index (κ2) is 7.04. The lowest BCUT2D eigenvalue weighted by atomic mass is 9.74. The molecule has 1 aliphatic carbocycles. The molecule has 2 aliphatic rings. The molecule has 1 N–H and O–H groups in total. The summed E-state index contributed by atoms with van der Waals surface area (Å²) in [5.41, 5.74) is 4.45. The zero-order valence-corrected chi connectivity index (χ0v) is 14.7. The summed E-state index contributed by atoms with van der Waals surface area (Å²) in [4.78, 5) is 16.2. The standard InChI is InChI=1S/C21H26N2O2/c24-14-2-11-23-12-8-21(9-13-23)7-6-17-15-19(4-5-20(17)21)25-16-18-3-1-10-22-18/h1,3-5,10,14-15,22H,2,6-9,11-13,16H2. The van der Waals surface area contributed by atoms with E-state index in [1.807, 2.05) is 18.3 Å². The third-order valence-corrected chi connectivity index (χ3v) is 5.95. The summed E-state index contributed by atoms with van der Waals surface area (Å²) in [6.45, 7) is 3.72. The van der Waals surface area contributed by atoms with Crippen molar-refractivity contribution < 1.29 is 9.53 Å². The molecule has 1 aromatic heterocycles. The van der Waals surface area contributed by atoms with Crippen molar-refractivity contribution in [2.24, 2.45) is 0 Å². The van der Waals surface area contributed by atoms with Gasteiger partial charge in [0.05, 0.1) is 5.69 Å². The zero-order valence-electron chi connectivity index (χ0n) is 14.7. The number of hydrogen-bond donors (Lipinski definition) is 1. The second-order valence-electron chi connectivity index (χ2n) is 7.38. The van der Waals surface area contributed by atoms with E-state index >= 15 is 0 Å². The van der Waals surface area contributed by atoms with Crippen LogP contribution in [-0.2, 0) is 23.2 Å². The first-order chi connectivity index (χ1) is 12.3. The van der Waals surface area contributed by atoms with Crippen molar-refractivity contribution in [3.63, 3.8) is 0 Å². The van der Waals surface area contributed by atoms with E-state index in [-0.39, 0.29) is 0 Å². The maximum absolute atomic E-state index is 10.6. The van der Waals surface area contributed by atoms with E-state index < -0.39 is 0 Å². The normalized spacial score (nSPS) is 19.0. The van der Waals surface area contributed by atoms with E-state index in [1.165, 1.54) is 30.4 Å². The van der Waals surface area contributed by atoms with Crippen molar-refractivity contribution in [2.75, 3.05) is 19.6 Å². The molecule has 1 aliphatic heterocycles. The smallest absolute Gasteiger partial charge is 0.128 e. The summed E-state index contributed by atoms with van der Waals surface area (Å²) in [5.74, 6) is 0.966. The van der Waals surface area contributed by atoms with Crippen molar-refractivity contribution >= 4 is 6.29 Å². The van der Waals surface area contributed by atoms with Crippen molar-refractivity contribution in [3.8, 4) is 5.75 Å². The van der Waals surface area contributed by atoms with Gasteiger partial charge in [0.1, 0.15) is 18.6 Å². The van der Waals surface area contributed by atoms with Crippen LogP contribution in [0.3, 0.4) is 0 Å². The fourth-order valence-corrected chi connectivity index (χ4v) is 4.47. The van der Waals surface area contributed by atoms with Gasteiger partial charge < -0.3 is 19.4 Å². The molecule has 0 unspecified atom stereocenters. The third kappa shape index (κ3) is 3.36. The first kappa shape index (κ1) is 16.4. The Kier molecular flexibility index (Phi) is 4.62. The number of H-pyrrole nitrogens is 1. The number of carbonyl (C=O) groups excluding carboxylic acids is 1. The molecule has 0 radical (unpaired) electrons. The second-order valence-corrected chi connectivity index (χ2v) is 7.38. The Balaban J connectivity index is 1.42. The number of aryl methyl sites for hydroxylation is 1. The van der Waals surface area contributed by atoms with Crippen LogP contribution in [0.4, 0.5) is 0 Å². The van der Waals surface area contributed by atoms with Gasteiger partial charge in [0, 0.05) is 19.2 Å². The maximum Gasteiger partial charge on any atom is 0.128 e. The molecule has 132 valence electrons. The molecule has 4 heteroatoms. The summed E-state index contributed by atoms with van der Waals surface area (Å²) >= 11 is 0. The highest BCUT2D eigenvalue weighted by Gasteiger charge is 2.40. The molecule has 0 amide bonds. The molecule has 4 rings (SSSR count). The molecule has 2 heterocycles. The van der Waals surface area contributed by atoms with Crippen LogP contribution in [-0.4, -0.2) is 35.8 Å². The number of hydrogen-bond acceptors (Lipinski definition) is 3. The molecule has 1 spiro atoms. The van der Waals surface area contributed by atoms with Crippen LogP contribution in [0, 0.1) is 0 Å². The number of aromatic nitrogens is 1. The minimum Gasteiger partial charge on any atom is -0.487 e. The fourth-order valence-electron chi connectivity index (χ4n) is 4.47. The number of likely N-dealkylation sites (tertiary alicyclic amines) is 1. The SMILES string of the molecule is O=CCCN1CCC2(CCc3cc(OCc4ccc[nH]4)ccc32)CC1. The number of ether oxygens (including phenoxy) is 1. The number of fused-ring (bicyclic) bond motifs is 2. The average molecular weight is 338 g/mol. The minimum absolute atomic E-state index is 0.352. The number of benzene rings is 1. The van der Waals surface area contributed by atoms with Crippen LogP contribution >= 0.6 is 0 Å². The number of aromatic amines is 1.